The average molecular weight is 249 g/mol. The Morgan fingerprint density at radius 3 is 3.00 bits per heavy atom. The summed E-state index contributed by atoms with van der Waals surface area (Å²) >= 11 is 1.45. The minimum Gasteiger partial charge on any atom is -0.377 e. The van der Waals surface area contributed by atoms with E-state index in [9.17, 15) is 0 Å². The Morgan fingerprint density at radius 2 is 2.41 bits per heavy atom. The van der Waals surface area contributed by atoms with Crippen LogP contribution < -0.4 is 5.32 Å². The summed E-state index contributed by atoms with van der Waals surface area (Å²) < 4.78 is 0. The summed E-state index contributed by atoms with van der Waals surface area (Å²) in [6.07, 6.45) is 5.23. The maximum absolute atomic E-state index is 9.07. The molecule has 0 spiro atoms. The summed E-state index contributed by atoms with van der Waals surface area (Å²) in [5.41, 5.74) is 1.14. The Bertz CT molecular complexity index is 436. The van der Waals surface area contributed by atoms with E-state index in [1.54, 1.807) is 18.5 Å². The van der Waals surface area contributed by atoms with Crippen molar-refractivity contribution in [3.63, 3.8) is 0 Å². The van der Waals surface area contributed by atoms with Gasteiger partial charge in [-0.25, -0.2) is 9.97 Å². The summed E-state index contributed by atoms with van der Waals surface area (Å²) in [5, 5.41) is 12.8. The van der Waals surface area contributed by atoms with Gasteiger partial charge in [0.15, 0.2) is 5.16 Å². The first kappa shape index (κ1) is 13.5. The molecule has 1 aromatic rings. The molecule has 6 heteroatoms. The minimum atomic E-state index is 0.504. The molecular weight excluding hydrogens is 234 g/mol. The van der Waals surface area contributed by atoms with Crippen LogP contribution in [-0.4, -0.2) is 41.9 Å². The van der Waals surface area contributed by atoms with E-state index in [-0.39, 0.29) is 0 Å². The minimum absolute atomic E-state index is 0.504. The maximum atomic E-state index is 9.07. The topological polar surface area (TPSA) is 64.8 Å². The zero-order valence-electron chi connectivity index (χ0n) is 10.1. The number of thioether (sulfide) groups is 1. The zero-order chi connectivity index (χ0) is 12.7. The van der Waals surface area contributed by atoms with Gasteiger partial charge in [-0.2, -0.15) is 5.26 Å². The Kier molecular flexibility index (Phi) is 5.46. The van der Waals surface area contributed by atoms with E-state index in [1.807, 2.05) is 25.3 Å². The fourth-order valence-electron chi connectivity index (χ4n) is 1.08. The number of nitrogens with one attached hydrogen (secondary N) is 1. The quantitative estimate of drug-likeness (QED) is 0.366. The molecule has 0 bridgehead atoms. The predicted molar refractivity (Wildman–Crippen MR) is 69.1 cm³/mol. The van der Waals surface area contributed by atoms with E-state index in [0.717, 1.165) is 0 Å². The number of nitriles is 1. The number of hydrogen-bond donors (Lipinski definition) is 1. The van der Waals surface area contributed by atoms with E-state index in [1.165, 1.54) is 11.8 Å². The van der Waals surface area contributed by atoms with Crippen LogP contribution in [0.4, 0.5) is 0 Å². The second-order valence-electron chi connectivity index (χ2n) is 3.54. The van der Waals surface area contributed by atoms with Crippen molar-refractivity contribution in [1.82, 2.24) is 20.2 Å². The smallest absolute Gasteiger partial charge is 0.187 e. The second-order valence-corrected chi connectivity index (χ2v) is 4.31. The van der Waals surface area contributed by atoms with Gasteiger partial charge in [-0.1, -0.05) is 11.8 Å². The summed E-state index contributed by atoms with van der Waals surface area (Å²) in [6, 6.07) is 3.85. The summed E-state index contributed by atoms with van der Waals surface area (Å²) in [4.78, 5) is 10.3. The zero-order valence-corrected chi connectivity index (χ0v) is 11.0. The van der Waals surface area contributed by atoms with Crippen LogP contribution in [0.1, 0.15) is 5.69 Å². The first-order valence-electron chi connectivity index (χ1n) is 5.03. The molecule has 0 amide bonds. The molecule has 0 radical (unpaired) electrons. The molecule has 0 aliphatic rings. The van der Waals surface area contributed by atoms with Gasteiger partial charge in [-0.05, 0) is 26.4 Å². The molecular formula is C11H15N5S. The summed E-state index contributed by atoms with van der Waals surface area (Å²) in [6.45, 7) is 0.672. The standard InChI is InChI=1S/C11H15N5S/c1-16(2)8-13-7-9(6-12)10-4-5-14-11(15-10)17-3/h4-5,7,13H,8H2,1-3H3/b9-7+. The van der Waals surface area contributed by atoms with Gasteiger partial charge in [0, 0.05) is 12.4 Å². The Hall–Kier alpha value is -1.58. The lowest BCUT2D eigenvalue weighted by Gasteiger charge is -2.09. The van der Waals surface area contributed by atoms with E-state index in [2.05, 4.69) is 21.4 Å². The maximum Gasteiger partial charge on any atom is 0.187 e. The van der Waals surface area contributed by atoms with E-state index in [0.29, 0.717) is 23.1 Å². The largest absolute Gasteiger partial charge is 0.377 e. The van der Waals surface area contributed by atoms with Crippen molar-refractivity contribution >= 4 is 17.3 Å². The van der Waals surface area contributed by atoms with Crippen molar-refractivity contribution < 1.29 is 0 Å². The highest BCUT2D eigenvalue weighted by atomic mass is 32.2. The first-order valence-corrected chi connectivity index (χ1v) is 6.25. The van der Waals surface area contributed by atoms with Crippen molar-refractivity contribution in [2.24, 2.45) is 0 Å². The van der Waals surface area contributed by atoms with Crippen molar-refractivity contribution in [2.75, 3.05) is 27.0 Å². The van der Waals surface area contributed by atoms with Crippen LogP contribution in [0.15, 0.2) is 23.6 Å². The molecule has 0 atom stereocenters. The number of aromatic nitrogens is 2. The van der Waals surface area contributed by atoms with Crippen LogP contribution in [0.5, 0.6) is 0 Å². The second kappa shape index (κ2) is 6.89. The molecule has 0 unspecified atom stereocenters. The molecule has 1 aromatic heterocycles. The summed E-state index contributed by atoms with van der Waals surface area (Å²) in [7, 11) is 3.90. The third-order valence-electron chi connectivity index (χ3n) is 1.87. The van der Waals surface area contributed by atoms with Crippen molar-refractivity contribution in [1.29, 1.82) is 5.26 Å². The number of rotatable bonds is 5. The van der Waals surface area contributed by atoms with Crippen LogP contribution in [0.25, 0.3) is 5.57 Å². The molecule has 0 saturated heterocycles. The van der Waals surface area contributed by atoms with Gasteiger partial charge in [0.05, 0.1) is 17.9 Å². The molecule has 1 heterocycles. The molecule has 0 aliphatic heterocycles. The molecule has 5 nitrogen and oxygen atoms in total. The molecule has 0 fully saturated rings. The fourth-order valence-corrected chi connectivity index (χ4v) is 1.44. The lowest BCUT2D eigenvalue weighted by molar-refractivity contribution is 0.393. The van der Waals surface area contributed by atoms with Crippen molar-refractivity contribution in [3.8, 4) is 6.07 Å². The van der Waals surface area contributed by atoms with Gasteiger partial charge in [0.25, 0.3) is 0 Å². The lowest BCUT2D eigenvalue weighted by atomic mass is 10.2. The van der Waals surface area contributed by atoms with Crippen LogP contribution in [0.2, 0.25) is 0 Å². The number of allylic oxidation sites excluding steroid dienone is 1. The molecule has 0 aromatic carbocycles. The van der Waals surface area contributed by atoms with Crippen molar-refractivity contribution in [2.45, 2.75) is 5.16 Å². The van der Waals surface area contributed by atoms with Gasteiger partial charge in [0.2, 0.25) is 0 Å². The van der Waals surface area contributed by atoms with Crippen LogP contribution in [0, 0.1) is 11.3 Å². The Balaban J connectivity index is 2.82. The highest BCUT2D eigenvalue weighted by molar-refractivity contribution is 7.98. The van der Waals surface area contributed by atoms with E-state index < -0.39 is 0 Å². The number of nitrogens with zero attached hydrogens (tertiary/aromatic N) is 4. The Morgan fingerprint density at radius 1 is 1.65 bits per heavy atom. The van der Waals surface area contributed by atoms with Gasteiger partial charge < -0.3 is 5.32 Å². The van der Waals surface area contributed by atoms with Gasteiger partial charge >= 0.3 is 0 Å². The summed E-state index contributed by atoms with van der Waals surface area (Å²) in [5.74, 6) is 0. The van der Waals surface area contributed by atoms with Crippen LogP contribution in [-0.2, 0) is 0 Å². The highest BCUT2D eigenvalue weighted by Gasteiger charge is 2.03. The van der Waals surface area contributed by atoms with Gasteiger partial charge in [0.1, 0.15) is 6.07 Å². The highest BCUT2D eigenvalue weighted by Crippen LogP contribution is 2.13. The fraction of sp³-hybridized carbons (Fsp3) is 0.364. The molecule has 0 saturated carbocycles. The molecule has 90 valence electrons. The lowest BCUT2D eigenvalue weighted by Crippen LogP contribution is -2.24. The third-order valence-corrected chi connectivity index (χ3v) is 2.43. The van der Waals surface area contributed by atoms with Crippen LogP contribution >= 0.6 is 11.8 Å². The number of hydrogen-bond acceptors (Lipinski definition) is 6. The monoisotopic (exact) mass is 249 g/mol. The molecule has 17 heavy (non-hydrogen) atoms. The van der Waals surface area contributed by atoms with E-state index in [4.69, 9.17) is 5.26 Å². The SMILES string of the molecule is CSc1nccc(/C(C#N)=C/NCN(C)C)n1. The van der Waals surface area contributed by atoms with Gasteiger partial charge in [-0.15, -0.1) is 0 Å². The van der Waals surface area contributed by atoms with Gasteiger partial charge in [-0.3, -0.25) is 4.90 Å². The van der Waals surface area contributed by atoms with Crippen LogP contribution in [0.3, 0.4) is 0 Å². The molecule has 1 rings (SSSR count). The normalized spacial score (nSPS) is 11.4. The molecule has 1 N–H and O–H groups in total. The third kappa shape index (κ3) is 4.43. The Labute approximate surface area is 106 Å². The van der Waals surface area contributed by atoms with Crippen molar-refractivity contribution in [3.05, 3.63) is 24.2 Å². The predicted octanol–water partition coefficient (Wildman–Crippen LogP) is 1.17. The average Bonchev–Trinajstić information content (AvgIpc) is 2.34. The van der Waals surface area contributed by atoms with E-state index >= 15 is 0 Å². The molecule has 0 aliphatic carbocycles. The first-order chi connectivity index (χ1) is 8.17.